The first-order valence-electron chi connectivity index (χ1n) is 7.86. The van der Waals surface area contributed by atoms with Crippen LogP contribution in [0.25, 0.3) is 11.3 Å². The third-order valence-electron chi connectivity index (χ3n) is 3.45. The summed E-state index contributed by atoms with van der Waals surface area (Å²) in [7, 11) is 0. The van der Waals surface area contributed by atoms with E-state index in [9.17, 15) is 4.79 Å². The molecule has 3 aromatic rings. The fourth-order valence-corrected chi connectivity index (χ4v) is 2.63. The van der Waals surface area contributed by atoms with E-state index >= 15 is 0 Å². The second-order valence-corrected chi connectivity index (χ2v) is 6.19. The van der Waals surface area contributed by atoms with Crippen LogP contribution in [0.3, 0.4) is 0 Å². The number of pyridine rings is 1. The van der Waals surface area contributed by atoms with Gasteiger partial charge in [0, 0.05) is 35.6 Å². The molecular weight excluding hydrogens is 377 g/mol. The molecule has 0 aliphatic rings. The van der Waals surface area contributed by atoms with Gasteiger partial charge in [-0.15, -0.1) is 0 Å². The molecule has 0 fully saturated rings. The number of hydrogen-bond donors (Lipinski definition) is 1. The van der Waals surface area contributed by atoms with E-state index < -0.39 is 0 Å². The van der Waals surface area contributed by atoms with Crippen LogP contribution in [-0.2, 0) is 0 Å². The van der Waals surface area contributed by atoms with Gasteiger partial charge >= 0.3 is 0 Å². The summed E-state index contributed by atoms with van der Waals surface area (Å²) in [5.74, 6) is 0.734. The Bertz CT molecular complexity index is 884. The van der Waals surface area contributed by atoms with E-state index in [-0.39, 0.29) is 11.6 Å². The summed E-state index contributed by atoms with van der Waals surface area (Å²) in [6.45, 7) is 0.834. The molecule has 6 nitrogen and oxygen atoms in total. The lowest BCUT2D eigenvalue weighted by Gasteiger charge is -2.08. The van der Waals surface area contributed by atoms with E-state index in [0.717, 1.165) is 5.56 Å². The van der Waals surface area contributed by atoms with Crippen molar-refractivity contribution >= 4 is 29.1 Å². The lowest BCUT2D eigenvalue weighted by atomic mass is 10.2. The summed E-state index contributed by atoms with van der Waals surface area (Å²) >= 11 is 11.9. The quantitative estimate of drug-likeness (QED) is 0.609. The highest BCUT2D eigenvalue weighted by atomic mass is 35.5. The Morgan fingerprint density at radius 3 is 2.88 bits per heavy atom. The lowest BCUT2D eigenvalue weighted by Crippen LogP contribution is -2.25. The predicted octanol–water partition coefficient (Wildman–Crippen LogP) is 4.24. The van der Waals surface area contributed by atoms with Gasteiger partial charge in [0.25, 0.3) is 5.91 Å². The van der Waals surface area contributed by atoms with Gasteiger partial charge in [0.2, 0.25) is 0 Å². The average Bonchev–Trinajstić information content (AvgIpc) is 3.14. The molecule has 0 bridgehead atoms. The summed E-state index contributed by atoms with van der Waals surface area (Å²) < 4.78 is 10.7. The normalized spacial score (nSPS) is 10.5. The van der Waals surface area contributed by atoms with Crippen molar-refractivity contribution in [2.24, 2.45) is 0 Å². The van der Waals surface area contributed by atoms with Crippen LogP contribution >= 0.6 is 23.2 Å². The third kappa shape index (κ3) is 4.74. The molecule has 2 heterocycles. The van der Waals surface area contributed by atoms with Gasteiger partial charge in [-0.25, -0.2) is 0 Å². The summed E-state index contributed by atoms with van der Waals surface area (Å²) in [4.78, 5) is 16.1. The first-order valence-corrected chi connectivity index (χ1v) is 8.62. The molecule has 3 rings (SSSR count). The number of aromatic nitrogens is 2. The smallest absolute Gasteiger partial charge is 0.273 e. The van der Waals surface area contributed by atoms with Crippen molar-refractivity contribution in [3.63, 3.8) is 0 Å². The first-order chi connectivity index (χ1) is 12.6. The zero-order valence-electron chi connectivity index (χ0n) is 13.6. The number of nitrogens with zero attached hydrogens (tertiary/aromatic N) is 2. The Hall–Kier alpha value is -2.57. The van der Waals surface area contributed by atoms with Crippen LogP contribution in [0, 0.1) is 0 Å². The molecule has 0 spiro atoms. The van der Waals surface area contributed by atoms with Gasteiger partial charge in [0.15, 0.2) is 11.5 Å². The lowest BCUT2D eigenvalue weighted by molar-refractivity contribution is 0.0942. The van der Waals surface area contributed by atoms with E-state index in [2.05, 4.69) is 15.5 Å². The number of nitrogens with one attached hydrogen (secondary N) is 1. The minimum Gasteiger partial charge on any atom is -0.492 e. The molecule has 8 heteroatoms. The number of carbonyl (C=O) groups is 1. The topological polar surface area (TPSA) is 77.2 Å². The highest BCUT2D eigenvalue weighted by molar-refractivity contribution is 6.35. The van der Waals surface area contributed by atoms with Crippen LogP contribution in [0.1, 0.15) is 16.9 Å². The minimum absolute atomic E-state index is 0.213. The van der Waals surface area contributed by atoms with E-state index in [1.165, 1.54) is 0 Å². The molecule has 134 valence electrons. The summed E-state index contributed by atoms with van der Waals surface area (Å²) in [5, 5.41) is 7.55. The van der Waals surface area contributed by atoms with Gasteiger partial charge in [-0.3, -0.25) is 9.78 Å². The van der Waals surface area contributed by atoms with Gasteiger partial charge in [-0.05, 0) is 36.8 Å². The van der Waals surface area contributed by atoms with Gasteiger partial charge in [-0.2, -0.15) is 0 Å². The van der Waals surface area contributed by atoms with Crippen molar-refractivity contribution in [3.05, 3.63) is 64.5 Å². The number of rotatable bonds is 7. The minimum atomic E-state index is -0.312. The van der Waals surface area contributed by atoms with Crippen molar-refractivity contribution in [3.8, 4) is 17.1 Å². The van der Waals surface area contributed by atoms with Crippen molar-refractivity contribution in [2.45, 2.75) is 6.42 Å². The second-order valence-electron chi connectivity index (χ2n) is 5.35. The van der Waals surface area contributed by atoms with Crippen molar-refractivity contribution in [1.29, 1.82) is 0 Å². The number of benzene rings is 1. The Kier molecular flexibility index (Phi) is 6.09. The van der Waals surface area contributed by atoms with Crippen LogP contribution in [0.4, 0.5) is 0 Å². The Labute approximate surface area is 160 Å². The van der Waals surface area contributed by atoms with E-state index in [1.807, 2.05) is 6.07 Å². The maximum atomic E-state index is 12.1. The van der Waals surface area contributed by atoms with Crippen LogP contribution in [0.15, 0.2) is 53.3 Å². The van der Waals surface area contributed by atoms with Crippen molar-refractivity contribution in [2.75, 3.05) is 13.2 Å². The molecule has 1 aromatic carbocycles. The zero-order valence-corrected chi connectivity index (χ0v) is 15.1. The first kappa shape index (κ1) is 18.2. The number of ether oxygens (including phenoxy) is 1. The highest BCUT2D eigenvalue weighted by Crippen LogP contribution is 2.27. The molecule has 1 amide bonds. The average molecular weight is 392 g/mol. The van der Waals surface area contributed by atoms with E-state index in [1.54, 1.807) is 42.7 Å². The van der Waals surface area contributed by atoms with Crippen LogP contribution in [0.5, 0.6) is 5.75 Å². The second kappa shape index (κ2) is 8.69. The van der Waals surface area contributed by atoms with Gasteiger partial charge in [0.05, 0.1) is 11.6 Å². The largest absolute Gasteiger partial charge is 0.492 e. The standard InChI is InChI=1S/C18H15Cl2N3O3/c19-13-4-5-16(14(20)9-13)25-8-2-7-22-18(24)15-10-17(26-23-15)12-3-1-6-21-11-12/h1,3-6,9-11H,2,7-8H2,(H,22,24). The fraction of sp³-hybridized carbons (Fsp3) is 0.167. The SMILES string of the molecule is O=C(NCCCOc1ccc(Cl)cc1Cl)c1cc(-c2cccnc2)on1. The third-order valence-corrected chi connectivity index (χ3v) is 3.98. The van der Waals surface area contributed by atoms with Crippen LogP contribution < -0.4 is 10.1 Å². The number of carbonyl (C=O) groups excluding carboxylic acids is 1. The number of hydrogen-bond acceptors (Lipinski definition) is 5. The molecule has 0 aliphatic heterocycles. The summed E-state index contributed by atoms with van der Waals surface area (Å²) in [6, 6.07) is 10.2. The monoisotopic (exact) mass is 391 g/mol. The van der Waals surface area contributed by atoms with Gasteiger partial charge < -0.3 is 14.6 Å². The van der Waals surface area contributed by atoms with Gasteiger partial charge in [0.1, 0.15) is 5.75 Å². The molecular formula is C18H15Cl2N3O3. The summed E-state index contributed by atoms with van der Waals surface area (Å²) in [5.41, 5.74) is 0.970. The highest BCUT2D eigenvalue weighted by Gasteiger charge is 2.13. The Morgan fingerprint density at radius 2 is 2.12 bits per heavy atom. The predicted molar refractivity (Wildman–Crippen MR) is 98.6 cm³/mol. The maximum Gasteiger partial charge on any atom is 0.273 e. The van der Waals surface area contributed by atoms with Crippen LogP contribution in [0.2, 0.25) is 10.0 Å². The van der Waals surface area contributed by atoms with Crippen LogP contribution in [-0.4, -0.2) is 29.2 Å². The van der Waals surface area contributed by atoms with Gasteiger partial charge in [-0.1, -0.05) is 28.4 Å². The molecule has 0 unspecified atom stereocenters. The van der Waals surface area contributed by atoms with Crippen molar-refractivity contribution < 1.29 is 14.1 Å². The van der Waals surface area contributed by atoms with E-state index in [4.69, 9.17) is 32.5 Å². The number of amides is 1. The molecule has 0 saturated heterocycles. The molecule has 0 aliphatic carbocycles. The Morgan fingerprint density at radius 1 is 1.23 bits per heavy atom. The summed E-state index contributed by atoms with van der Waals surface area (Å²) in [6.07, 6.45) is 3.91. The molecule has 0 saturated carbocycles. The fourth-order valence-electron chi connectivity index (χ4n) is 2.17. The zero-order chi connectivity index (χ0) is 18.4. The van der Waals surface area contributed by atoms with Crippen molar-refractivity contribution in [1.82, 2.24) is 15.5 Å². The Balaban J connectivity index is 1.44. The molecule has 1 N–H and O–H groups in total. The maximum absolute atomic E-state index is 12.1. The molecule has 2 aromatic heterocycles. The molecule has 26 heavy (non-hydrogen) atoms. The molecule has 0 atom stereocenters. The number of halogens is 2. The molecule has 0 radical (unpaired) electrons. The van der Waals surface area contributed by atoms with E-state index in [0.29, 0.717) is 41.1 Å².